The van der Waals surface area contributed by atoms with Gasteiger partial charge < -0.3 is 9.67 Å². The number of aliphatic carboxylic acids is 1. The van der Waals surface area contributed by atoms with Gasteiger partial charge in [-0.2, -0.15) is 0 Å². The molecule has 0 amide bonds. The summed E-state index contributed by atoms with van der Waals surface area (Å²) in [7, 11) is 0. The Labute approximate surface area is 64.5 Å². The molecule has 0 aromatic carbocycles. The first-order chi connectivity index (χ1) is 5.25. The standard InChI is InChI=1S/C7H10N2O2/c1-2-6(7(10)11)9-4-3-8-5-9/h3-6H,2H2,1H3,(H,10,11). The molecule has 0 fully saturated rings. The summed E-state index contributed by atoms with van der Waals surface area (Å²) < 4.78 is 1.59. The van der Waals surface area contributed by atoms with Gasteiger partial charge in [-0.1, -0.05) is 6.92 Å². The van der Waals surface area contributed by atoms with Crippen molar-refractivity contribution in [1.82, 2.24) is 9.55 Å². The number of carboxylic acid groups (broad SMARTS) is 1. The third-order valence-corrected chi connectivity index (χ3v) is 1.56. The van der Waals surface area contributed by atoms with Crippen molar-refractivity contribution in [3.8, 4) is 0 Å². The summed E-state index contributed by atoms with van der Waals surface area (Å²) >= 11 is 0. The number of hydrogen-bond acceptors (Lipinski definition) is 2. The second-order valence-corrected chi connectivity index (χ2v) is 2.27. The number of hydrogen-bond donors (Lipinski definition) is 1. The quantitative estimate of drug-likeness (QED) is 0.704. The zero-order chi connectivity index (χ0) is 8.27. The Balaban J connectivity index is 2.79. The summed E-state index contributed by atoms with van der Waals surface area (Å²) in [5, 5.41) is 8.70. The van der Waals surface area contributed by atoms with Crippen molar-refractivity contribution in [3.63, 3.8) is 0 Å². The summed E-state index contributed by atoms with van der Waals surface area (Å²) in [4.78, 5) is 14.4. The maximum atomic E-state index is 10.6. The van der Waals surface area contributed by atoms with E-state index in [0.29, 0.717) is 6.42 Å². The molecule has 1 unspecified atom stereocenters. The van der Waals surface area contributed by atoms with Crippen molar-refractivity contribution in [2.75, 3.05) is 0 Å². The molecule has 0 radical (unpaired) electrons. The van der Waals surface area contributed by atoms with Crippen LogP contribution in [0.1, 0.15) is 19.4 Å². The van der Waals surface area contributed by atoms with E-state index < -0.39 is 12.0 Å². The lowest BCUT2D eigenvalue weighted by Gasteiger charge is -2.09. The van der Waals surface area contributed by atoms with Gasteiger partial charge in [0.05, 0.1) is 6.33 Å². The number of carboxylic acids is 1. The van der Waals surface area contributed by atoms with Crippen LogP contribution in [0.25, 0.3) is 0 Å². The highest BCUT2D eigenvalue weighted by Gasteiger charge is 2.15. The molecule has 0 saturated heterocycles. The lowest BCUT2D eigenvalue weighted by molar-refractivity contribution is -0.141. The molecule has 1 atom stereocenters. The summed E-state index contributed by atoms with van der Waals surface area (Å²) in [6, 6.07) is -0.475. The average molecular weight is 154 g/mol. The van der Waals surface area contributed by atoms with Gasteiger partial charge in [0.1, 0.15) is 6.04 Å². The van der Waals surface area contributed by atoms with Crippen molar-refractivity contribution in [1.29, 1.82) is 0 Å². The Morgan fingerprint density at radius 2 is 2.55 bits per heavy atom. The van der Waals surface area contributed by atoms with Crippen LogP contribution in [-0.2, 0) is 4.79 Å². The Kier molecular flexibility index (Phi) is 2.25. The fourth-order valence-electron chi connectivity index (χ4n) is 0.967. The maximum Gasteiger partial charge on any atom is 0.326 e. The molecule has 1 aromatic rings. The summed E-state index contributed by atoms with van der Waals surface area (Å²) in [5.74, 6) is -0.814. The summed E-state index contributed by atoms with van der Waals surface area (Å²) in [6.07, 6.45) is 5.32. The topological polar surface area (TPSA) is 55.1 Å². The van der Waals surface area contributed by atoms with E-state index in [9.17, 15) is 4.79 Å². The molecule has 0 spiro atoms. The van der Waals surface area contributed by atoms with Gasteiger partial charge in [-0.05, 0) is 6.42 Å². The van der Waals surface area contributed by atoms with E-state index in [4.69, 9.17) is 5.11 Å². The first kappa shape index (κ1) is 7.78. The zero-order valence-electron chi connectivity index (χ0n) is 6.27. The highest BCUT2D eigenvalue weighted by Crippen LogP contribution is 2.09. The van der Waals surface area contributed by atoms with Gasteiger partial charge in [0.25, 0.3) is 0 Å². The molecule has 1 aromatic heterocycles. The van der Waals surface area contributed by atoms with Crippen molar-refractivity contribution in [2.24, 2.45) is 0 Å². The minimum atomic E-state index is -0.814. The molecule has 4 nitrogen and oxygen atoms in total. The SMILES string of the molecule is CCC(C(=O)O)n1ccnc1. The molecule has 0 aliphatic carbocycles. The third-order valence-electron chi connectivity index (χ3n) is 1.56. The van der Waals surface area contributed by atoms with E-state index in [1.807, 2.05) is 6.92 Å². The Morgan fingerprint density at radius 3 is 2.91 bits per heavy atom. The van der Waals surface area contributed by atoms with Gasteiger partial charge in [-0.15, -0.1) is 0 Å². The Bertz CT molecular complexity index is 231. The number of aromatic nitrogens is 2. The largest absolute Gasteiger partial charge is 0.480 e. The lowest BCUT2D eigenvalue weighted by Crippen LogP contribution is -2.16. The van der Waals surface area contributed by atoms with Crippen molar-refractivity contribution >= 4 is 5.97 Å². The van der Waals surface area contributed by atoms with Crippen LogP contribution in [0.3, 0.4) is 0 Å². The summed E-state index contributed by atoms with van der Waals surface area (Å²) in [6.45, 7) is 1.83. The van der Waals surface area contributed by atoms with Crippen LogP contribution in [0.2, 0.25) is 0 Å². The van der Waals surface area contributed by atoms with E-state index in [-0.39, 0.29) is 0 Å². The maximum absolute atomic E-state index is 10.6. The van der Waals surface area contributed by atoms with Gasteiger partial charge in [0.15, 0.2) is 0 Å². The number of rotatable bonds is 3. The average Bonchev–Trinajstić information content (AvgIpc) is 2.40. The zero-order valence-corrected chi connectivity index (χ0v) is 6.27. The minimum absolute atomic E-state index is 0.475. The normalized spacial score (nSPS) is 12.8. The van der Waals surface area contributed by atoms with E-state index in [2.05, 4.69) is 4.98 Å². The van der Waals surface area contributed by atoms with Gasteiger partial charge >= 0.3 is 5.97 Å². The smallest absolute Gasteiger partial charge is 0.326 e. The minimum Gasteiger partial charge on any atom is -0.480 e. The van der Waals surface area contributed by atoms with E-state index in [0.717, 1.165) is 0 Å². The van der Waals surface area contributed by atoms with Crippen molar-refractivity contribution in [3.05, 3.63) is 18.7 Å². The molecule has 60 valence electrons. The lowest BCUT2D eigenvalue weighted by atomic mass is 10.2. The van der Waals surface area contributed by atoms with Crippen LogP contribution in [0, 0.1) is 0 Å². The highest BCUT2D eigenvalue weighted by atomic mass is 16.4. The Hall–Kier alpha value is -1.32. The van der Waals surface area contributed by atoms with E-state index >= 15 is 0 Å². The molecular formula is C7H10N2O2. The van der Waals surface area contributed by atoms with Gasteiger partial charge in [0, 0.05) is 12.4 Å². The molecular weight excluding hydrogens is 144 g/mol. The van der Waals surface area contributed by atoms with Gasteiger partial charge in [-0.25, -0.2) is 9.78 Å². The number of imidazole rings is 1. The van der Waals surface area contributed by atoms with Crippen molar-refractivity contribution < 1.29 is 9.90 Å². The van der Waals surface area contributed by atoms with E-state index in [1.54, 1.807) is 17.0 Å². The molecule has 1 N–H and O–H groups in total. The molecule has 0 bridgehead atoms. The third kappa shape index (κ3) is 1.58. The van der Waals surface area contributed by atoms with Crippen LogP contribution >= 0.6 is 0 Å². The fraction of sp³-hybridized carbons (Fsp3) is 0.429. The molecule has 0 saturated carbocycles. The number of nitrogens with zero attached hydrogens (tertiary/aromatic N) is 2. The molecule has 0 aliphatic rings. The Morgan fingerprint density at radius 1 is 1.82 bits per heavy atom. The second kappa shape index (κ2) is 3.18. The summed E-state index contributed by atoms with van der Waals surface area (Å²) in [5.41, 5.74) is 0. The first-order valence-electron chi connectivity index (χ1n) is 3.46. The first-order valence-corrected chi connectivity index (χ1v) is 3.46. The molecule has 1 heterocycles. The van der Waals surface area contributed by atoms with Gasteiger partial charge in [0.2, 0.25) is 0 Å². The van der Waals surface area contributed by atoms with Crippen LogP contribution in [0.5, 0.6) is 0 Å². The fourth-order valence-corrected chi connectivity index (χ4v) is 0.967. The predicted molar refractivity (Wildman–Crippen MR) is 39.2 cm³/mol. The number of carbonyl (C=O) groups is 1. The van der Waals surface area contributed by atoms with Gasteiger partial charge in [-0.3, -0.25) is 0 Å². The van der Waals surface area contributed by atoms with Crippen molar-refractivity contribution in [2.45, 2.75) is 19.4 Å². The van der Waals surface area contributed by atoms with E-state index in [1.165, 1.54) is 6.33 Å². The molecule has 11 heavy (non-hydrogen) atoms. The molecule has 1 rings (SSSR count). The predicted octanol–water partition coefficient (Wildman–Crippen LogP) is 0.919. The highest BCUT2D eigenvalue weighted by molar-refractivity contribution is 5.71. The molecule has 0 aliphatic heterocycles. The van der Waals surface area contributed by atoms with Crippen LogP contribution in [0.15, 0.2) is 18.7 Å². The van der Waals surface area contributed by atoms with Crippen LogP contribution < -0.4 is 0 Å². The van der Waals surface area contributed by atoms with Crippen LogP contribution in [0.4, 0.5) is 0 Å². The van der Waals surface area contributed by atoms with Crippen LogP contribution in [-0.4, -0.2) is 20.6 Å². The molecule has 4 heteroatoms. The second-order valence-electron chi connectivity index (χ2n) is 2.27. The monoisotopic (exact) mass is 154 g/mol.